The molecule has 2 aliphatic rings. The Kier molecular flexibility index (Phi) is 5.82. The van der Waals surface area contributed by atoms with Gasteiger partial charge in [-0.15, -0.1) is 11.3 Å². The summed E-state index contributed by atoms with van der Waals surface area (Å²) in [6, 6.07) is 7.06. The Morgan fingerprint density at radius 3 is 2.69 bits per heavy atom. The fourth-order valence-electron chi connectivity index (χ4n) is 4.29. The van der Waals surface area contributed by atoms with Gasteiger partial charge in [-0.3, -0.25) is 9.78 Å². The van der Waals surface area contributed by atoms with Crippen LogP contribution in [0.25, 0.3) is 20.8 Å². The van der Waals surface area contributed by atoms with E-state index in [2.05, 4.69) is 15.3 Å². The first-order valence-corrected chi connectivity index (χ1v) is 11.4. The Morgan fingerprint density at radius 1 is 1.19 bits per heavy atom. The molecule has 0 spiro atoms. The van der Waals surface area contributed by atoms with Crippen molar-refractivity contribution in [3.05, 3.63) is 34.6 Å². The molecule has 10 nitrogen and oxygen atoms in total. The molecule has 2 fully saturated rings. The van der Waals surface area contributed by atoms with E-state index in [-0.39, 0.29) is 17.7 Å². The SMILES string of the molecule is O=c1[nH]c(N2CCOCC2)nc(N[C@@H]2C[C@H](CO)[C@@H](O)[C@H]2O)c1-c1nc2ccccc2s1. The lowest BCUT2D eigenvalue weighted by atomic mass is 10.1. The standard InChI is InChI=1S/C21H25N5O5S/c27-10-11-9-13(17(29)16(11)28)22-18-15(20-23-12-3-1-2-4-14(12)32-20)19(30)25-21(24-18)26-5-7-31-8-6-26/h1-4,11,13,16-17,27-29H,5-10H2,(H2,22,24,25,30)/t11-,13-,16-,17+/m1/s1. The van der Waals surface area contributed by atoms with Crippen molar-refractivity contribution in [3.63, 3.8) is 0 Å². The highest BCUT2D eigenvalue weighted by Gasteiger charge is 2.41. The number of aromatic nitrogens is 3. The van der Waals surface area contributed by atoms with Gasteiger partial charge in [0.2, 0.25) is 5.95 Å². The van der Waals surface area contributed by atoms with Crippen molar-refractivity contribution in [1.82, 2.24) is 15.0 Å². The number of anilines is 2. The van der Waals surface area contributed by atoms with E-state index < -0.39 is 24.2 Å². The zero-order valence-corrected chi connectivity index (χ0v) is 18.1. The van der Waals surface area contributed by atoms with Crippen LogP contribution in [0.3, 0.4) is 0 Å². The van der Waals surface area contributed by atoms with Gasteiger partial charge >= 0.3 is 0 Å². The molecular formula is C21H25N5O5S. The van der Waals surface area contributed by atoms with Gasteiger partial charge in [0.05, 0.1) is 35.6 Å². The highest BCUT2D eigenvalue weighted by atomic mass is 32.1. The van der Waals surface area contributed by atoms with Gasteiger partial charge in [-0.25, -0.2) is 4.98 Å². The van der Waals surface area contributed by atoms with Crippen molar-refractivity contribution in [2.75, 3.05) is 43.1 Å². The van der Waals surface area contributed by atoms with Crippen molar-refractivity contribution < 1.29 is 20.1 Å². The molecular weight excluding hydrogens is 434 g/mol. The van der Waals surface area contributed by atoms with Crippen LogP contribution in [0.4, 0.5) is 11.8 Å². The zero-order valence-electron chi connectivity index (χ0n) is 17.3. The Morgan fingerprint density at radius 2 is 1.97 bits per heavy atom. The molecule has 1 saturated heterocycles. The minimum Gasteiger partial charge on any atom is -0.396 e. The number of morpholine rings is 1. The van der Waals surface area contributed by atoms with Crippen molar-refractivity contribution >= 4 is 33.3 Å². The van der Waals surface area contributed by atoms with Crippen LogP contribution in [0, 0.1) is 5.92 Å². The van der Waals surface area contributed by atoms with E-state index in [1.807, 2.05) is 29.2 Å². The fraction of sp³-hybridized carbons (Fsp3) is 0.476. The van der Waals surface area contributed by atoms with Gasteiger partial charge in [0.1, 0.15) is 22.5 Å². The number of fused-ring (bicyclic) bond motifs is 1. The Bertz CT molecular complexity index is 1130. The largest absolute Gasteiger partial charge is 0.396 e. The highest BCUT2D eigenvalue weighted by Crippen LogP contribution is 2.35. The number of H-pyrrole nitrogens is 1. The first-order chi connectivity index (χ1) is 15.5. The summed E-state index contributed by atoms with van der Waals surface area (Å²) in [4.78, 5) is 27.4. The second-order valence-electron chi connectivity index (χ2n) is 8.11. The van der Waals surface area contributed by atoms with Gasteiger partial charge in [0, 0.05) is 25.6 Å². The molecule has 1 aliphatic carbocycles. The lowest BCUT2D eigenvalue weighted by Gasteiger charge is -2.28. The number of para-hydroxylation sites is 1. The third-order valence-corrected chi connectivity index (χ3v) is 7.14. The van der Waals surface area contributed by atoms with Crippen LogP contribution in [-0.2, 0) is 4.74 Å². The maximum absolute atomic E-state index is 13.2. The van der Waals surface area contributed by atoms with Crippen LogP contribution in [0.15, 0.2) is 29.1 Å². The molecule has 2 aromatic heterocycles. The third kappa shape index (κ3) is 3.86. The molecule has 5 rings (SSSR count). The van der Waals surface area contributed by atoms with Crippen molar-refractivity contribution in [2.45, 2.75) is 24.7 Å². The number of thiazole rings is 1. The smallest absolute Gasteiger partial charge is 0.264 e. The molecule has 1 aromatic carbocycles. The van der Waals surface area contributed by atoms with Crippen LogP contribution in [0.1, 0.15) is 6.42 Å². The van der Waals surface area contributed by atoms with Crippen molar-refractivity contribution in [3.8, 4) is 10.6 Å². The molecule has 0 bridgehead atoms. The third-order valence-electron chi connectivity index (χ3n) is 6.08. The minimum atomic E-state index is -1.09. The van der Waals surface area contributed by atoms with Crippen molar-refractivity contribution in [2.24, 2.45) is 5.92 Å². The van der Waals surface area contributed by atoms with Crippen LogP contribution in [0.2, 0.25) is 0 Å². The van der Waals surface area contributed by atoms with Crippen LogP contribution >= 0.6 is 11.3 Å². The molecule has 0 amide bonds. The normalized spacial score (nSPS) is 26.0. The van der Waals surface area contributed by atoms with E-state index >= 15 is 0 Å². The van der Waals surface area contributed by atoms with Crippen molar-refractivity contribution in [1.29, 1.82) is 0 Å². The number of aliphatic hydroxyl groups excluding tert-OH is 3. The topological polar surface area (TPSA) is 144 Å². The summed E-state index contributed by atoms with van der Waals surface area (Å²) in [6.07, 6.45) is -1.80. The molecule has 1 aliphatic heterocycles. The molecule has 11 heteroatoms. The second-order valence-corrected chi connectivity index (χ2v) is 9.14. The first kappa shape index (κ1) is 21.3. The summed E-state index contributed by atoms with van der Waals surface area (Å²) in [5, 5.41) is 33.9. The number of ether oxygens (including phenoxy) is 1. The van der Waals surface area contributed by atoms with E-state index in [9.17, 15) is 20.1 Å². The Labute approximate surface area is 187 Å². The lowest BCUT2D eigenvalue weighted by Crippen LogP contribution is -2.39. The molecule has 32 heavy (non-hydrogen) atoms. The van der Waals surface area contributed by atoms with Gasteiger partial charge in [-0.2, -0.15) is 4.98 Å². The predicted octanol–water partition coefficient (Wildman–Crippen LogP) is 0.398. The summed E-state index contributed by atoms with van der Waals surface area (Å²) in [5.41, 5.74) is 0.735. The maximum atomic E-state index is 13.2. The number of benzene rings is 1. The lowest BCUT2D eigenvalue weighted by molar-refractivity contribution is 0.00446. The van der Waals surface area contributed by atoms with Gasteiger partial charge in [-0.1, -0.05) is 12.1 Å². The van der Waals surface area contributed by atoms with Gasteiger partial charge < -0.3 is 30.3 Å². The van der Waals surface area contributed by atoms with Gasteiger partial charge in [0.25, 0.3) is 5.56 Å². The molecule has 1 saturated carbocycles. The maximum Gasteiger partial charge on any atom is 0.264 e. The van der Waals surface area contributed by atoms with E-state index in [4.69, 9.17) is 9.72 Å². The number of hydrogen-bond donors (Lipinski definition) is 5. The summed E-state index contributed by atoms with van der Waals surface area (Å²) in [6.45, 7) is 2.04. The quantitative estimate of drug-likeness (QED) is 0.366. The highest BCUT2D eigenvalue weighted by molar-refractivity contribution is 7.21. The zero-order chi connectivity index (χ0) is 22.2. The molecule has 3 heterocycles. The number of aliphatic hydroxyl groups is 3. The summed E-state index contributed by atoms with van der Waals surface area (Å²) in [5.74, 6) is 0.260. The van der Waals surface area contributed by atoms with E-state index in [1.54, 1.807) is 0 Å². The second kappa shape index (κ2) is 8.75. The number of aromatic amines is 1. The molecule has 170 valence electrons. The molecule has 0 radical (unpaired) electrons. The van der Waals surface area contributed by atoms with E-state index in [0.29, 0.717) is 49.5 Å². The predicted molar refractivity (Wildman–Crippen MR) is 121 cm³/mol. The van der Waals surface area contributed by atoms with Crippen LogP contribution < -0.4 is 15.8 Å². The number of nitrogens with one attached hydrogen (secondary N) is 2. The summed E-state index contributed by atoms with van der Waals surface area (Å²) in [7, 11) is 0. The van der Waals surface area contributed by atoms with Crippen LogP contribution in [-0.4, -0.2) is 81.4 Å². The monoisotopic (exact) mass is 459 g/mol. The molecule has 4 atom stereocenters. The summed E-state index contributed by atoms with van der Waals surface area (Å²) < 4.78 is 6.34. The number of nitrogens with zero attached hydrogens (tertiary/aromatic N) is 3. The Hall–Kier alpha value is -2.57. The number of rotatable bonds is 5. The van der Waals surface area contributed by atoms with Gasteiger partial charge in [0.15, 0.2) is 0 Å². The van der Waals surface area contributed by atoms with Crippen LogP contribution in [0.5, 0.6) is 0 Å². The average molecular weight is 460 g/mol. The summed E-state index contributed by atoms with van der Waals surface area (Å²) >= 11 is 1.39. The van der Waals surface area contributed by atoms with E-state index in [1.165, 1.54) is 11.3 Å². The molecule has 0 unspecified atom stereocenters. The number of hydrogen-bond acceptors (Lipinski definition) is 10. The minimum absolute atomic E-state index is 0.233. The van der Waals surface area contributed by atoms with E-state index in [0.717, 1.165) is 10.2 Å². The molecule has 3 aromatic rings. The average Bonchev–Trinajstić information content (AvgIpc) is 3.35. The van der Waals surface area contributed by atoms with Gasteiger partial charge in [-0.05, 0) is 18.6 Å². The first-order valence-electron chi connectivity index (χ1n) is 10.6. The fourth-order valence-corrected chi connectivity index (χ4v) is 5.30. The molecule has 5 N–H and O–H groups in total. The Balaban J connectivity index is 1.58.